The summed E-state index contributed by atoms with van der Waals surface area (Å²) < 4.78 is 84.7. The van der Waals surface area contributed by atoms with Gasteiger partial charge >= 0.3 is 12.4 Å². The van der Waals surface area contributed by atoms with Gasteiger partial charge in [-0.2, -0.15) is 31.6 Å². The predicted molar refractivity (Wildman–Crippen MR) is 134 cm³/mol. The Bertz CT molecular complexity index is 1300. The number of piperazine rings is 1. The minimum absolute atomic E-state index is 0.182. The summed E-state index contributed by atoms with van der Waals surface area (Å²) >= 11 is 0. The number of alkyl halides is 6. The first-order chi connectivity index (χ1) is 19.5. The van der Waals surface area contributed by atoms with Crippen LogP contribution in [0, 0.1) is 23.2 Å². The van der Waals surface area contributed by atoms with Gasteiger partial charge in [0.2, 0.25) is 17.7 Å². The predicted octanol–water partition coefficient (Wildman–Crippen LogP) is 2.64. The van der Waals surface area contributed by atoms with E-state index in [2.05, 4.69) is 4.90 Å². The van der Waals surface area contributed by atoms with Crippen molar-refractivity contribution in [1.82, 2.24) is 14.7 Å². The van der Waals surface area contributed by atoms with E-state index < -0.39 is 70.7 Å². The smallest absolute Gasteiger partial charge is 0.365 e. The molecule has 0 spiro atoms. The number of amides is 3. The van der Waals surface area contributed by atoms with Crippen LogP contribution in [-0.4, -0.2) is 102 Å². The third-order valence-corrected chi connectivity index (χ3v) is 8.66. The lowest BCUT2D eigenvalue weighted by Gasteiger charge is -2.45. The Hall–Kier alpha value is -3.22. The molecule has 0 radical (unpaired) electrons. The van der Waals surface area contributed by atoms with Crippen LogP contribution in [0.15, 0.2) is 18.2 Å². The average Bonchev–Trinajstić information content (AvgIpc) is 3.26. The number of carbonyl (C=O) groups is 3. The van der Waals surface area contributed by atoms with E-state index in [1.807, 2.05) is 4.90 Å². The Morgan fingerprint density at radius 2 is 1.50 bits per heavy atom. The van der Waals surface area contributed by atoms with E-state index in [0.29, 0.717) is 32.2 Å². The number of hydrogen-bond acceptors (Lipinski definition) is 7. The quantitative estimate of drug-likeness (QED) is 0.378. The second-order valence-corrected chi connectivity index (χ2v) is 11.8. The van der Waals surface area contributed by atoms with Crippen LogP contribution in [0.3, 0.4) is 0 Å². The van der Waals surface area contributed by atoms with Crippen LogP contribution in [-0.2, 0) is 25.3 Å². The number of carbonyl (C=O) groups excluding carboxylic acids is 3. The molecule has 0 aromatic heterocycles. The molecule has 4 aliphatic rings. The van der Waals surface area contributed by atoms with Crippen molar-refractivity contribution in [3.05, 3.63) is 29.3 Å². The van der Waals surface area contributed by atoms with Gasteiger partial charge in [0, 0.05) is 52.4 Å². The zero-order valence-corrected chi connectivity index (χ0v) is 22.9. The van der Waals surface area contributed by atoms with Crippen LogP contribution in [0.25, 0.3) is 0 Å². The molecule has 0 N–H and O–H groups in total. The SMILES string of the molecule is CC12CN(CCN3CCN(C(=O)CC(F)(F)F)CC3)CC(C)(O1)[C@H]1C(=O)N(c3ccc(C#N)c(C(F)(F)F)c3)C(=O)[C@H]12. The van der Waals surface area contributed by atoms with Gasteiger partial charge in [0.25, 0.3) is 0 Å². The monoisotopic (exact) mass is 601 g/mol. The third kappa shape index (κ3) is 5.35. The summed E-state index contributed by atoms with van der Waals surface area (Å²) in [6, 6.07) is 4.25. The maximum atomic E-state index is 13.6. The Kier molecular flexibility index (Phi) is 7.35. The number of nitriles is 1. The van der Waals surface area contributed by atoms with Crippen molar-refractivity contribution < 1.29 is 45.5 Å². The molecule has 4 atom stereocenters. The molecule has 2 unspecified atom stereocenters. The number of ether oxygens (including phenoxy) is 1. The number of likely N-dealkylation sites (tertiary alicyclic amines) is 1. The van der Waals surface area contributed by atoms with Crippen molar-refractivity contribution in [3.8, 4) is 6.07 Å². The highest BCUT2D eigenvalue weighted by atomic mass is 19.4. The molecular formula is C27H29F6N5O4. The maximum Gasteiger partial charge on any atom is 0.417 e. The number of morpholine rings is 1. The van der Waals surface area contributed by atoms with E-state index >= 15 is 0 Å². The molecule has 0 aliphatic carbocycles. The normalized spacial score (nSPS) is 30.5. The summed E-state index contributed by atoms with van der Waals surface area (Å²) in [5, 5.41) is 9.10. The van der Waals surface area contributed by atoms with Crippen LogP contribution in [0.5, 0.6) is 0 Å². The van der Waals surface area contributed by atoms with Gasteiger partial charge < -0.3 is 9.64 Å². The first-order valence-corrected chi connectivity index (χ1v) is 13.4. The molecule has 4 saturated heterocycles. The van der Waals surface area contributed by atoms with Crippen LogP contribution in [0.4, 0.5) is 32.0 Å². The highest BCUT2D eigenvalue weighted by Crippen LogP contribution is 2.55. The fourth-order valence-corrected chi connectivity index (χ4v) is 6.97. The van der Waals surface area contributed by atoms with E-state index in [1.54, 1.807) is 13.8 Å². The molecule has 1 aromatic carbocycles. The summed E-state index contributed by atoms with van der Waals surface area (Å²) in [7, 11) is 0. The lowest BCUT2D eigenvalue weighted by molar-refractivity contribution is -0.170. The Morgan fingerprint density at radius 3 is 2.00 bits per heavy atom. The van der Waals surface area contributed by atoms with Gasteiger partial charge in [-0.15, -0.1) is 0 Å². The highest BCUT2D eigenvalue weighted by molar-refractivity contribution is 6.23. The standard InChI is InChI=1S/C27H29F6N5O4/c1-24-14-36(6-5-35-7-9-37(10-8-35)19(39)12-26(28,29)30)15-25(2,42-24)21-20(24)22(40)38(23(21)41)17-4-3-16(13-34)18(11-17)27(31,32)33/h3-4,11,20-21H,5-10,12,14-15H2,1-2H3/t20-,21+,24?,25?. The lowest BCUT2D eigenvalue weighted by Crippen LogP contribution is -2.59. The van der Waals surface area contributed by atoms with Crippen molar-refractivity contribution in [1.29, 1.82) is 5.26 Å². The molecule has 228 valence electrons. The van der Waals surface area contributed by atoms with E-state index in [4.69, 9.17) is 10.00 Å². The summed E-state index contributed by atoms with van der Waals surface area (Å²) in [5.41, 5.74) is -4.29. The van der Waals surface area contributed by atoms with Crippen molar-refractivity contribution in [3.63, 3.8) is 0 Å². The van der Waals surface area contributed by atoms with Gasteiger partial charge in [0.05, 0.1) is 45.9 Å². The second kappa shape index (κ2) is 10.2. The van der Waals surface area contributed by atoms with E-state index in [9.17, 15) is 40.7 Å². The molecule has 1 aromatic rings. The number of fused-ring (bicyclic) bond motifs is 5. The van der Waals surface area contributed by atoms with Crippen LogP contribution >= 0.6 is 0 Å². The summed E-state index contributed by atoms with van der Waals surface area (Å²) in [4.78, 5) is 45.2. The number of anilines is 1. The molecule has 15 heteroatoms. The molecule has 4 fully saturated rings. The number of benzene rings is 1. The van der Waals surface area contributed by atoms with Gasteiger partial charge in [-0.05, 0) is 32.0 Å². The first-order valence-electron chi connectivity index (χ1n) is 13.4. The number of hydrogen-bond donors (Lipinski definition) is 0. The van der Waals surface area contributed by atoms with Crippen molar-refractivity contribution in [2.24, 2.45) is 11.8 Å². The Balaban J connectivity index is 1.26. The zero-order chi connectivity index (χ0) is 30.8. The Labute approximate surface area is 237 Å². The first kappa shape index (κ1) is 30.2. The van der Waals surface area contributed by atoms with Crippen LogP contribution in [0.2, 0.25) is 0 Å². The van der Waals surface area contributed by atoms with Crippen molar-refractivity contribution >= 4 is 23.4 Å². The largest absolute Gasteiger partial charge is 0.417 e. The van der Waals surface area contributed by atoms with Crippen LogP contribution < -0.4 is 4.90 Å². The Morgan fingerprint density at radius 1 is 0.952 bits per heavy atom. The molecule has 4 heterocycles. The van der Waals surface area contributed by atoms with E-state index in [0.717, 1.165) is 17.0 Å². The van der Waals surface area contributed by atoms with Crippen molar-refractivity contribution in [2.75, 3.05) is 57.3 Å². The number of rotatable bonds is 5. The van der Waals surface area contributed by atoms with Crippen LogP contribution in [0.1, 0.15) is 31.4 Å². The number of imide groups is 1. The third-order valence-electron chi connectivity index (χ3n) is 8.66. The van der Waals surface area contributed by atoms with Gasteiger partial charge in [-0.25, -0.2) is 4.90 Å². The van der Waals surface area contributed by atoms with Gasteiger partial charge in [-0.3, -0.25) is 24.2 Å². The summed E-state index contributed by atoms with van der Waals surface area (Å²) in [6.07, 6.45) is -10.9. The van der Waals surface area contributed by atoms with Crippen molar-refractivity contribution in [2.45, 2.75) is 43.8 Å². The van der Waals surface area contributed by atoms with E-state index in [1.165, 1.54) is 11.0 Å². The molecule has 0 saturated carbocycles. The van der Waals surface area contributed by atoms with Gasteiger partial charge in [0.15, 0.2) is 0 Å². The fraction of sp³-hybridized carbons (Fsp3) is 0.630. The maximum absolute atomic E-state index is 13.6. The fourth-order valence-electron chi connectivity index (χ4n) is 6.97. The molecule has 4 aliphatic heterocycles. The average molecular weight is 602 g/mol. The topological polar surface area (TPSA) is 97.2 Å². The van der Waals surface area contributed by atoms with Gasteiger partial charge in [0.1, 0.15) is 6.42 Å². The molecule has 9 nitrogen and oxygen atoms in total. The molecule has 42 heavy (non-hydrogen) atoms. The minimum atomic E-state index is -4.86. The molecule has 2 bridgehead atoms. The molecular weight excluding hydrogens is 572 g/mol. The summed E-state index contributed by atoms with van der Waals surface area (Å²) in [5.74, 6) is -4.11. The molecule has 3 amide bonds. The summed E-state index contributed by atoms with van der Waals surface area (Å²) in [6.45, 7) is 6.22. The minimum Gasteiger partial charge on any atom is -0.365 e. The second-order valence-electron chi connectivity index (χ2n) is 11.8. The highest BCUT2D eigenvalue weighted by Gasteiger charge is 2.71. The van der Waals surface area contributed by atoms with Gasteiger partial charge in [-0.1, -0.05) is 0 Å². The van der Waals surface area contributed by atoms with E-state index in [-0.39, 0.29) is 31.9 Å². The number of nitrogens with zero attached hydrogens (tertiary/aromatic N) is 5. The molecule has 5 rings (SSSR count). The zero-order valence-electron chi connectivity index (χ0n) is 22.9. The number of halogens is 6. The lowest BCUT2D eigenvalue weighted by atomic mass is 9.79.